The van der Waals surface area contributed by atoms with Crippen molar-refractivity contribution in [1.29, 1.82) is 0 Å². The number of hydrogen-bond acceptors (Lipinski definition) is 5. The number of carboxylic acid groups (broad SMARTS) is 1. The molecule has 0 saturated carbocycles. The Morgan fingerprint density at radius 2 is 2.11 bits per heavy atom. The van der Waals surface area contributed by atoms with Crippen molar-refractivity contribution < 1.29 is 19.2 Å². The Bertz CT molecular complexity index is 412. The van der Waals surface area contributed by atoms with E-state index in [0.717, 1.165) is 25.7 Å². The van der Waals surface area contributed by atoms with Crippen LogP contribution in [0, 0.1) is 0 Å². The Balaban J connectivity index is 2.42. The van der Waals surface area contributed by atoms with Gasteiger partial charge in [0.05, 0.1) is 0 Å². The van der Waals surface area contributed by atoms with Gasteiger partial charge in [0.25, 0.3) is 5.91 Å². The third-order valence-corrected chi connectivity index (χ3v) is 2.56. The molecule has 18 heavy (non-hydrogen) atoms. The number of aromatic carboxylic acids is 1. The number of hydrogen-bond donors (Lipinski definition) is 2. The minimum absolute atomic E-state index is 0.0213. The van der Waals surface area contributed by atoms with Gasteiger partial charge in [-0.3, -0.25) is 4.79 Å². The summed E-state index contributed by atoms with van der Waals surface area (Å²) in [4.78, 5) is 24.3. The van der Waals surface area contributed by atoms with Gasteiger partial charge in [0, 0.05) is 19.2 Å². The summed E-state index contributed by atoms with van der Waals surface area (Å²) in [5.74, 6) is -2.02. The summed E-state index contributed by atoms with van der Waals surface area (Å²) >= 11 is 0. The van der Waals surface area contributed by atoms with Gasteiger partial charge >= 0.3 is 5.97 Å². The molecule has 0 bridgehead atoms. The molecule has 0 fully saturated rings. The second-order valence-electron chi connectivity index (χ2n) is 3.66. The molecule has 0 aliphatic carbocycles. The van der Waals surface area contributed by atoms with Gasteiger partial charge in [-0.25, -0.2) is 4.79 Å². The zero-order chi connectivity index (χ0) is 13.5. The van der Waals surface area contributed by atoms with Crippen LogP contribution in [0.25, 0.3) is 0 Å². The highest BCUT2D eigenvalue weighted by Gasteiger charge is 2.16. The van der Waals surface area contributed by atoms with Gasteiger partial charge in [0.2, 0.25) is 5.76 Å². The van der Waals surface area contributed by atoms with Crippen LogP contribution in [-0.4, -0.2) is 53.2 Å². The highest BCUT2D eigenvalue weighted by molar-refractivity contribution is 5.94. The zero-order valence-corrected chi connectivity index (χ0v) is 10.5. The van der Waals surface area contributed by atoms with Crippen LogP contribution in [0.1, 0.15) is 34.9 Å². The summed E-state index contributed by atoms with van der Waals surface area (Å²) in [5.41, 5.74) is -0.0213. The number of nitrogens with one attached hydrogen (secondary N) is 1. The zero-order valence-electron chi connectivity index (χ0n) is 10.5. The van der Waals surface area contributed by atoms with Crippen LogP contribution in [0.2, 0.25) is 0 Å². The smallest absolute Gasteiger partial charge is 0.374 e. The number of likely N-dealkylation sites (N-methyl/N-ethyl adjacent to an activating group) is 1. The number of rotatable bonds is 7. The first-order valence-corrected chi connectivity index (χ1v) is 5.79. The molecule has 1 aromatic rings. The maximum atomic E-state index is 11.6. The van der Waals surface area contributed by atoms with Gasteiger partial charge in [-0.05, 0) is 13.1 Å². The Morgan fingerprint density at radius 1 is 1.44 bits per heavy atom. The molecule has 2 N–H and O–H groups in total. The van der Waals surface area contributed by atoms with Crippen molar-refractivity contribution in [3.8, 4) is 0 Å². The van der Waals surface area contributed by atoms with Crippen molar-refractivity contribution in [3.05, 3.63) is 17.5 Å². The lowest BCUT2D eigenvalue weighted by atomic mass is 10.3. The molecule has 7 nitrogen and oxygen atoms in total. The average Bonchev–Trinajstić information content (AvgIpc) is 2.84. The van der Waals surface area contributed by atoms with Crippen molar-refractivity contribution in [2.45, 2.75) is 13.8 Å². The van der Waals surface area contributed by atoms with E-state index in [0.29, 0.717) is 6.54 Å². The molecule has 1 amide bonds. The lowest BCUT2D eigenvalue weighted by Crippen LogP contribution is -2.34. The molecule has 0 aromatic carbocycles. The SMILES string of the molecule is CCN(CC)CCNC(=O)c1cc(C(=O)O)on1. The molecule has 0 aliphatic heterocycles. The van der Waals surface area contributed by atoms with Crippen LogP contribution in [0.3, 0.4) is 0 Å². The monoisotopic (exact) mass is 255 g/mol. The molecule has 1 rings (SSSR count). The van der Waals surface area contributed by atoms with Gasteiger partial charge in [-0.1, -0.05) is 19.0 Å². The van der Waals surface area contributed by atoms with E-state index < -0.39 is 11.9 Å². The number of amides is 1. The van der Waals surface area contributed by atoms with Crippen LogP contribution in [0.4, 0.5) is 0 Å². The van der Waals surface area contributed by atoms with Gasteiger partial charge < -0.3 is 19.8 Å². The largest absolute Gasteiger partial charge is 0.475 e. The third kappa shape index (κ3) is 3.85. The van der Waals surface area contributed by atoms with Gasteiger partial charge in [-0.2, -0.15) is 0 Å². The summed E-state index contributed by atoms with van der Waals surface area (Å²) in [7, 11) is 0. The molecule has 1 heterocycles. The minimum atomic E-state index is -1.25. The molecule has 0 spiro atoms. The molecule has 0 atom stereocenters. The fraction of sp³-hybridized carbons (Fsp3) is 0.545. The van der Waals surface area contributed by atoms with Crippen LogP contribution in [0.5, 0.6) is 0 Å². The molecule has 7 heteroatoms. The van der Waals surface area contributed by atoms with E-state index in [1.165, 1.54) is 0 Å². The maximum absolute atomic E-state index is 11.6. The standard InChI is InChI=1S/C11H17N3O4/c1-3-14(4-2)6-5-12-10(15)8-7-9(11(16)17)18-13-8/h7H,3-6H2,1-2H3,(H,12,15)(H,16,17). The molecular formula is C11H17N3O4. The van der Waals surface area contributed by atoms with Crippen molar-refractivity contribution in [2.24, 2.45) is 0 Å². The number of carbonyl (C=O) groups excluding carboxylic acids is 1. The van der Waals surface area contributed by atoms with Crippen molar-refractivity contribution in [2.75, 3.05) is 26.2 Å². The quantitative estimate of drug-likeness (QED) is 0.734. The van der Waals surface area contributed by atoms with Crippen molar-refractivity contribution in [1.82, 2.24) is 15.4 Å². The molecule has 1 aromatic heterocycles. The van der Waals surface area contributed by atoms with E-state index in [4.69, 9.17) is 5.11 Å². The summed E-state index contributed by atoms with van der Waals surface area (Å²) in [6, 6.07) is 1.11. The average molecular weight is 255 g/mol. The summed E-state index contributed by atoms with van der Waals surface area (Å²) < 4.78 is 4.50. The number of aromatic nitrogens is 1. The highest BCUT2D eigenvalue weighted by Crippen LogP contribution is 2.03. The van der Waals surface area contributed by atoms with E-state index >= 15 is 0 Å². The fourth-order valence-corrected chi connectivity index (χ4v) is 1.44. The van der Waals surface area contributed by atoms with Crippen molar-refractivity contribution in [3.63, 3.8) is 0 Å². The lowest BCUT2D eigenvalue weighted by Gasteiger charge is -2.17. The van der Waals surface area contributed by atoms with E-state index in [9.17, 15) is 9.59 Å². The molecule has 100 valence electrons. The predicted octanol–water partition coefficient (Wildman–Crippen LogP) is 0.444. The minimum Gasteiger partial charge on any atom is -0.475 e. The topological polar surface area (TPSA) is 95.7 Å². The Morgan fingerprint density at radius 3 is 2.61 bits per heavy atom. The third-order valence-electron chi connectivity index (χ3n) is 2.56. The first-order valence-electron chi connectivity index (χ1n) is 5.79. The highest BCUT2D eigenvalue weighted by atomic mass is 16.5. The van der Waals surface area contributed by atoms with E-state index in [1.54, 1.807) is 0 Å². The molecule has 0 unspecified atom stereocenters. The summed E-state index contributed by atoms with van der Waals surface area (Å²) in [6.45, 7) is 7.14. The van der Waals surface area contributed by atoms with Crippen molar-refractivity contribution >= 4 is 11.9 Å². The van der Waals surface area contributed by atoms with Gasteiger partial charge in [-0.15, -0.1) is 0 Å². The second-order valence-corrected chi connectivity index (χ2v) is 3.66. The van der Waals surface area contributed by atoms with E-state index in [2.05, 4.69) is 19.9 Å². The summed E-state index contributed by atoms with van der Waals surface area (Å²) in [5, 5.41) is 14.7. The normalized spacial score (nSPS) is 10.6. The fourth-order valence-electron chi connectivity index (χ4n) is 1.44. The lowest BCUT2D eigenvalue weighted by molar-refractivity contribution is 0.0651. The first-order chi connectivity index (χ1) is 8.58. The molecule has 0 aliphatic rings. The van der Waals surface area contributed by atoms with Crippen LogP contribution >= 0.6 is 0 Å². The molecule has 0 saturated heterocycles. The molecule has 0 radical (unpaired) electrons. The Kier molecular flexibility index (Phi) is 5.31. The number of carbonyl (C=O) groups is 2. The first kappa shape index (κ1) is 14.2. The van der Waals surface area contributed by atoms with E-state index in [-0.39, 0.29) is 11.5 Å². The number of carboxylic acids is 1. The van der Waals surface area contributed by atoms with Crippen LogP contribution in [-0.2, 0) is 0 Å². The Hall–Kier alpha value is -1.89. The summed E-state index contributed by atoms with van der Waals surface area (Å²) in [6.07, 6.45) is 0. The van der Waals surface area contributed by atoms with Crippen LogP contribution in [0.15, 0.2) is 10.6 Å². The molecular weight excluding hydrogens is 238 g/mol. The van der Waals surface area contributed by atoms with Gasteiger partial charge in [0.15, 0.2) is 5.69 Å². The predicted molar refractivity (Wildman–Crippen MR) is 63.6 cm³/mol. The maximum Gasteiger partial charge on any atom is 0.374 e. The van der Waals surface area contributed by atoms with Crippen LogP contribution < -0.4 is 5.32 Å². The number of nitrogens with zero attached hydrogens (tertiary/aromatic N) is 2. The van der Waals surface area contributed by atoms with Gasteiger partial charge in [0.1, 0.15) is 0 Å². The van der Waals surface area contributed by atoms with E-state index in [1.807, 2.05) is 13.8 Å². The Labute approximate surface area is 105 Å². The second kappa shape index (κ2) is 6.75.